The molecular weight excluding hydrogens is 362 g/mol. The second kappa shape index (κ2) is 6.91. The first-order valence-corrected chi connectivity index (χ1v) is 7.99. The minimum Gasteiger partial charge on any atom is -0.489 e. The standard InChI is InChI=1S/C17H16BrNO4/c1-11(20)19-13-2-4-14(5-3-13)23-10-12-8-16-17(9-15(12)18)22-7-6-21-16/h2-5,8-9H,6-7,10H2,1H3,(H,19,20). The van der Waals surface area contributed by atoms with Crippen LogP contribution in [-0.4, -0.2) is 19.1 Å². The number of fused-ring (bicyclic) bond motifs is 1. The summed E-state index contributed by atoms with van der Waals surface area (Å²) in [5, 5.41) is 2.72. The average Bonchev–Trinajstić information content (AvgIpc) is 2.54. The van der Waals surface area contributed by atoms with Crippen molar-refractivity contribution in [3.8, 4) is 17.2 Å². The molecule has 23 heavy (non-hydrogen) atoms. The normalized spacial score (nSPS) is 12.6. The number of halogens is 1. The molecule has 0 bridgehead atoms. The van der Waals surface area contributed by atoms with Gasteiger partial charge in [0.05, 0.1) is 0 Å². The molecule has 0 spiro atoms. The molecule has 120 valence electrons. The molecular formula is C17H16BrNO4. The van der Waals surface area contributed by atoms with E-state index in [2.05, 4.69) is 21.2 Å². The Morgan fingerprint density at radius 2 is 1.83 bits per heavy atom. The van der Waals surface area contributed by atoms with Gasteiger partial charge in [0.1, 0.15) is 25.6 Å². The lowest BCUT2D eigenvalue weighted by Gasteiger charge is -2.20. The zero-order chi connectivity index (χ0) is 16.2. The smallest absolute Gasteiger partial charge is 0.221 e. The van der Waals surface area contributed by atoms with Crippen molar-refractivity contribution in [1.82, 2.24) is 0 Å². The summed E-state index contributed by atoms with van der Waals surface area (Å²) in [6.07, 6.45) is 0. The fourth-order valence-corrected chi connectivity index (χ4v) is 2.65. The SMILES string of the molecule is CC(=O)Nc1ccc(OCc2cc3c(cc2Br)OCCO3)cc1. The number of hydrogen-bond acceptors (Lipinski definition) is 4. The van der Waals surface area contributed by atoms with Crippen molar-refractivity contribution in [2.24, 2.45) is 0 Å². The number of ether oxygens (including phenoxy) is 3. The second-order valence-corrected chi connectivity index (χ2v) is 5.94. The molecule has 0 fully saturated rings. The molecule has 0 aromatic heterocycles. The van der Waals surface area contributed by atoms with Crippen LogP contribution >= 0.6 is 15.9 Å². The van der Waals surface area contributed by atoms with E-state index in [9.17, 15) is 4.79 Å². The molecule has 0 radical (unpaired) electrons. The summed E-state index contributed by atoms with van der Waals surface area (Å²) < 4.78 is 17.8. The highest BCUT2D eigenvalue weighted by Crippen LogP contribution is 2.36. The van der Waals surface area contributed by atoms with E-state index in [0.717, 1.165) is 33.0 Å². The van der Waals surface area contributed by atoms with Gasteiger partial charge in [0.15, 0.2) is 11.5 Å². The van der Waals surface area contributed by atoms with E-state index in [1.54, 1.807) is 12.1 Å². The molecule has 0 atom stereocenters. The van der Waals surface area contributed by atoms with E-state index < -0.39 is 0 Å². The topological polar surface area (TPSA) is 56.8 Å². The van der Waals surface area contributed by atoms with Crippen LogP contribution in [0.5, 0.6) is 17.2 Å². The molecule has 1 aliphatic rings. The van der Waals surface area contributed by atoms with Gasteiger partial charge in [-0.15, -0.1) is 0 Å². The Kier molecular flexibility index (Phi) is 4.71. The number of carbonyl (C=O) groups is 1. The van der Waals surface area contributed by atoms with Crippen molar-refractivity contribution in [1.29, 1.82) is 0 Å². The predicted molar refractivity (Wildman–Crippen MR) is 90.2 cm³/mol. The van der Waals surface area contributed by atoms with Crippen LogP contribution in [0.2, 0.25) is 0 Å². The first-order chi connectivity index (χ1) is 11.1. The third kappa shape index (κ3) is 3.96. The molecule has 1 aliphatic heterocycles. The molecule has 5 nitrogen and oxygen atoms in total. The van der Waals surface area contributed by atoms with E-state index in [4.69, 9.17) is 14.2 Å². The summed E-state index contributed by atoms with van der Waals surface area (Å²) in [5.74, 6) is 2.10. The largest absolute Gasteiger partial charge is 0.489 e. The van der Waals surface area contributed by atoms with Crippen LogP contribution < -0.4 is 19.5 Å². The summed E-state index contributed by atoms with van der Waals surface area (Å²) in [7, 11) is 0. The minimum atomic E-state index is -0.0983. The number of rotatable bonds is 4. The van der Waals surface area contributed by atoms with Crippen molar-refractivity contribution >= 4 is 27.5 Å². The number of anilines is 1. The monoisotopic (exact) mass is 377 g/mol. The molecule has 1 amide bonds. The van der Waals surface area contributed by atoms with Crippen LogP contribution in [0.3, 0.4) is 0 Å². The number of benzene rings is 2. The highest BCUT2D eigenvalue weighted by molar-refractivity contribution is 9.10. The van der Waals surface area contributed by atoms with Gasteiger partial charge >= 0.3 is 0 Å². The second-order valence-electron chi connectivity index (χ2n) is 5.08. The zero-order valence-electron chi connectivity index (χ0n) is 12.6. The Hall–Kier alpha value is -2.21. The van der Waals surface area contributed by atoms with Gasteiger partial charge in [-0.2, -0.15) is 0 Å². The van der Waals surface area contributed by atoms with Crippen LogP contribution in [-0.2, 0) is 11.4 Å². The minimum absolute atomic E-state index is 0.0983. The molecule has 0 aliphatic carbocycles. The maximum Gasteiger partial charge on any atom is 0.221 e. The lowest BCUT2D eigenvalue weighted by atomic mass is 10.2. The molecule has 3 rings (SSSR count). The van der Waals surface area contributed by atoms with Crippen LogP contribution in [0.25, 0.3) is 0 Å². The molecule has 2 aromatic carbocycles. The van der Waals surface area contributed by atoms with Crippen LogP contribution in [0, 0.1) is 0 Å². The highest BCUT2D eigenvalue weighted by atomic mass is 79.9. The lowest BCUT2D eigenvalue weighted by Crippen LogP contribution is -2.15. The number of hydrogen-bond donors (Lipinski definition) is 1. The van der Waals surface area contributed by atoms with Crippen molar-refractivity contribution in [2.45, 2.75) is 13.5 Å². The van der Waals surface area contributed by atoms with Gasteiger partial charge in [-0.1, -0.05) is 15.9 Å². The number of nitrogens with one attached hydrogen (secondary N) is 1. The van der Waals surface area contributed by atoms with Crippen molar-refractivity contribution < 1.29 is 19.0 Å². The fourth-order valence-electron chi connectivity index (χ4n) is 2.22. The molecule has 2 aromatic rings. The van der Waals surface area contributed by atoms with Gasteiger partial charge in [0.25, 0.3) is 0 Å². The highest BCUT2D eigenvalue weighted by Gasteiger charge is 2.15. The summed E-state index contributed by atoms with van der Waals surface area (Å²) in [6.45, 7) is 3.00. The molecule has 1 N–H and O–H groups in total. The quantitative estimate of drug-likeness (QED) is 0.881. The third-order valence-corrected chi connectivity index (χ3v) is 4.02. The van der Waals surface area contributed by atoms with Gasteiger partial charge in [0.2, 0.25) is 5.91 Å². The Morgan fingerprint density at radius 3 is 2.48 bits per heavy atom. The molecule has 0 unspecified atom stereocenters. The summed E-state index contributed by atoms with van der Waals surface area (Å²) >= 11 is 3.52. The van der Waals surface area contributed by atoms with Gasteiger partial charge in [-0.25, -0.2) is 0 Å². The van der Waals surface area contributed by atoms with Crippen molar-refractivity contribution in [3.05, 3.63) is 46.4 Å². The maximum atomic E-state index is 11.0. The first kappa shape index (κ1) is 15.7. The van der Waals surface area contributed by atoms with E-state index in [1.807, 2.05) is 24.3 Å². The first-order valence-electron chi connectivity index (χ1n) is 7.20. The van der Waals surface area contributed by atoms with E-state index in [1.165, 1.54) is 6.92 Å². The van der Waals surface area contributed by atoms with Crippen molar-refractivity contribution in [2.75, 3.05) is 18.5 Å². The summed E-state index contributed by atoms with van der Waals surface area (Å²) in [5.41, 5.74) is 1.71. The van der Waals surface area contributed by atoms with Gasteiger partial charge in [-0.05, 0) is 36.4 Å². The Balaban J connectivity index is 1.67. The lowest BCUT2D eigenvalue weighted by molar-refractivity contribution is -0.114. The van der Waals surface area contributed by atoms with Gasteiger partial charge in [0, 0.05) is 22.6 Å². The Labute approximate surface area is 142 Å². The number of carbonyl (C=O) groups excluding carboxylic acids is 1. The van der Waals surface area contributed by atoms with Crippen LogP contribution in [0.4, 0.5) is 5.69 Å². The van der Waals surface area contributed by atoms with Crippen molar-refractivity contribution in [3.63, 3.8) is 0 Å². The van der Waals surface area contributed by atoms with E-state index >= 15 is 0 Å². The molecule has 0 saturated carbocycles. The Bertz CT molecular complexity index is 715. The van der Waals surface area contributed by atoms with E-state index in [-0.39, 0.29) is 5.91 Å². The van der Waals surface area contributed by atoms with Crippen LogP contribution in [0.15, 0.2) is 40.9 Å². The summed E-state index contributed by atoms with van der Waals surface area (Å²) in [4.78, 5) is 11.0. The predicted octanol–water partition coefficient (Wildman–Crippen LogP) is 3.76. The maximum absolute atomic E-state index is 11.0. The van der Waals surface area contributed by atoms with Gasteiger partial charge < -0.3 is 19.5 Å². The third-order valence-electron chi connectivity index (χ3n) is 3.28. The molecule has 0 saturated heterocycles. The summed E-state index contributed by atoms with van der Waals surface area (Å²) in [6, 6.07) is 11.1. The number of amides is 1. The van der Waals surface area contributed by atoms with Gasteiger partial charge in [-0.3, -0.25) is 4.79 Å². The molecule has 6 heteroatoms. The van der Waals surface area contributed by atoms with Crippen LogP contribution in [0.1, 0.15) is 12.5 Å². The Morgan fingerprint density at radius 1 is 1.17 bits per heavy atom. The molecule has 1 heterocycles. The average molecular weight is 378 g/mol. The fraction of sp³-hybridized carbons (Fsp3) is 0.235. The zero-order valence-corrected chi connectivity index (χ0v) is 14.2. The van der Waals surface area contributed by atoms with E-state index in [0.29, 0.717) is 19.8 Å².